The van der Waals surface area contributed by atoms with Crippen LogP contribution in [0.25, 0.3) is 0 Å². The molecule has 2 rings (SSSR count). The van der Waals surface area contributed by atoms with Gasteiger partial charge >= 0.3 is 41.8 Å². The van der Waals surface area contributed by atoms with Crippen LogP contribution in [0.1, 0.15) is 55.4 Å². The second-order valence-corrected chi connectivity index (χ2v) is 10.8. The quantitative estimate of drug-likeness (QED) is 0.234. The Morgan fingerprint density at radius 1 is 0.488 bits per heavy atom. The first-order valence-corrected chi connectivity index (χ1v) is 14.1. The molecule has 2 aliphatic rings. The number of ether oxygens (including phenoxy) is 9. The van der Waals surface area contributed by atoms with E-state index in [2.05, 4.69) is 0 Å². The van der Waals surface area contributed by atoms with Gasteiger partial charge < -0.3 is 42.6 Å². The minimum absolute atomic E-state index is 0.463. The fraction of sp³-hybridized carbons (Fsp3) is 0.731. The number of hydrogen-bond donors (Lipinski definition) is 0. The molecule has 0 unspecified atom stereocenters. The van der Waals surface area contributed by atoms with Crippen LogP contribution < -0.4 is 0 Å². The van der Waals surface area contributed by atoms with E-state index in [0.717, 1.165) is 60.2 Å². The number of hydrogen-bond acceptors (Lipinski definition) is 17. The van der Waals surface area contributed by atoms with Crippen LogP contribution in [0, 0.1) is 0 Å². The van der Waals surface area contributed by atoms with Gasteiger partial charge in [-0.1, -0.05) is 11.8 Å². The average Bonchev–Trinajstić information content (AvgIpc) is 2.84. The lowest BCUT2D eigenvalue weighted by molar-refractivity contribution is -0.240. The lowest BCUT2D eigenvalue weighted by Crippen LogP contribution is -2.63. The molecule has 0 aromatic rings. The van der Waals surface area contributed by atoms with E-state index in [0.29, 0.717) is 0 Å². The van der Waals surface area contributed by atoms with Gasteiger partial charge in [0.05, 0.1) is 6.10 Å². The first-order valence-electron chi connectivity index (χ1n) is 13.1. The Hall–Kier alpha value is -3.44. The van der Waals surface area contributed by atoms with E-state index < -0.39 is 108 Å². The summed E-state index contributed by atoms with van der Waals surface area (Å²) in [5, 5.41) is 0. The Kier molecular flexibility index (Phi) is 13.2. The molecule has 10 atom stereocenters. The van der Waals surface area contributed by atoms with Crippen molar-refractivity contribution in [2.75, 3.05) is 6.61 Å². The Balaban J connectivity index is 2.59. The minimum atomic E-state index is -1.46. The van der Waals surface area contributed by atoms with Crippen LogP contribution in [-0.2, 0) is 76.2 Å². The van der Waals surface area contributed by atoms with Gasteiger partial charge in [0.25, 0.3) is 0 Å². The zero-order valence-electron chi connectivity index (χ0n) is 24.9. The second kappa shape index (κ2) is 15.9. The summed E-state index contributed by atoms with van der Waals surface area (Å²) in [6.07, 6.45) is -10.4. The Morgan fingerprint density at radius 3 is 1.26 bits per heavy atom. The summed E-state index contributed by atoms with van der Waals surface area (Å²) in [4.78, 5) is 83.9. The van der Waals surface area contributed by atoms with Gasteiger partial charge in [0.1, 0.15) is 23.6 Å². The second-order valence-electron chi connectivity index (χ2n) is 9.64. The molecule has 2 fully saturated rings. The molecule has 2 heterocycles. The summed E-state index contributed by atoms with van der Waals surface area (Å²) in [6.45, 7) is 8.79. The summed E-state index contributed by atoms with van der Waals surface area (Å²) in [5.74, 6) is -5.43. The molecule has 0 aliphatic carbocycles. The van der Waals surface area contributed by atoms with Crippen LogP contribution in [0.2, 0.25) is 0 Å². The van der Waals surface area contributed by atoms with Gasteiger partial charge in [-0.25, -0.2) is 0 Å². The molecular weight excluding hydrogens is 600 g/mol. The molecular formula is C26H36O16S. The van der Waals surface area contributed by atoms with Crippen molar-refractivity contribution in [2.24, 2.45) is 0 Å². The summed E-state index contributed by atoms with van der Waals surface area (Å²) >= 11 is 0.784. The summed E-state index contributed by atoms with van der Waals surface area (Å²) in [5.41, 5.74) is -2.53. The fourth-order valence-corrected chi connectivity index (χ4v) is 5.95. The fourth-order valence-electron chi connectivity index (χ4n) is 4.51. The predicted octanol–water partition coefficient (Wildman–Crippen LogP) is 0.343. The predicted molar refractivity (Wildman–Crippen MR) is 141 cm³/mol. The maximum Gasteiger partial charge on any atom is 0.303 e. The molecule has 16 nitrogen and oxygen atoms in total. The monoisotopic (exact) mass is 636 g/mol. The topological polar surface area (TPSA) is 203 Å². The Bertz CT molecular complexity index is 1080. The average molecular weight is 637 g/mol. The van der Waals surface area contributed by atoms with Crippen molar-refractivity contribution >= 4 is 53.5 Å². The van der Waals surface area contributed by atoms with E-state index in [-0.39, 0.29) is 0 Å². The van der Waals surface area contributed by atoms with Gasteiger partial charge in [-0.3, -0.25) is 33.6 Å². The van der Waals surface area contributed by atoms with Gasteiger partial charge in [0, 0.05) is 48.5 Å². The number of esters is 7. The van der Waals surface area contributed by atoms with Crippen LogP contribution in [0.4, 0.5) is 0 Å². The first-order chi connectivity index (χ1) is 20.0. The Morgan fingerprint density at radius 2 is 0.837 bits per heavy atom. The highest BCUT2D eigenvalue weighted by molar-refractivity contribution is 8.00. The third-order valence-corrected chi connectivity index (χ3v) is 7.15. The van der Waals surface area contributed by atoms with Gasteiger partial charge in [-0.05, 0) is 6.92 Å². The minimum Gasteiger partial charge on any atom is -0.463 e. The van der Waals surface area contributed by atoms with Crippen LogP contribution in [0.3, 0.4) is 0 Å². The van der Waals surface area contributed by atoms with Crippen LogP contribution in [0.15, 0.2) is 0 Å². The van der Waals surface area contributed by atoms with Crippen molar-refractivity contribution in [3.8, 4) is 0 Å². The van der Waals surface area contributed by atoms with Crippen molar-refractivity contribution in [2.45, 2.75) is 115 Å². The molecule has 2 saturated heterocycles. The molecule has 0 spiro atoms. The maximum absolute atomic E-state index is 12.2. The highest BCUT2D eigenvalue weighted by Gasteiger charge is 2.56. The van der Waals surface area contributed by atoms with E-state index >= 15 is 0 Å². The van der Waals surface area contributed by atoms with E-state index in [1.54, 1.807) is 0 Å². The molecule has 242 valence electrons. The number of carbonyl (C=O) groups excluding carboxylic acids is 7. The van der Waals surface area contributed by atoms with Crippen molar-refractivity contribution in [1.82, 2.24) is 0 Å². The molecule has 43 heavy (non-hydrogen) atoms. The molecule has 0 aromatic heterocycles. The van der Waals surface area contributed by atoms with E-state index in [9.17, 15) is 33.6 Å². The van der Waals surface area contributed by atoms with E-state index in [4.69, 9.17) is 42.6 Å². The van der Waals surface area contributed by atoms with E-state index in [1.807, 2.05) is 0 Å². The third kappa shape index (κ3) is 10.7. The Labute approximate surface area is 251 Å². The van der Waals surface area contributed by atoms with Crippen molar-refractivity contribution < 1.29 is 76.2 Å². The molecule has 0 N–H and O–H groups in total. The number of thioether (sulfide) groups is 1. The van der Waals surface area contributed by atoms with Gasteiger partial charge in [0.2, 0.25) is 0 Å². The van der Waals surface area contributed by atoms with Crippen molar-refractivity contribution in [3.05, 3.63) is 0 Å². The largest absolute Gasteiger partial charge is 0.463 e. The molecule has 0 saturated carbocycles. The van der Waals surface area contributed by atoms with E-state index in [1.165, 1.54) is 6.92 Å². The summed E-state index contributed by atoms with van der Waals surface area (Å²) < 4.78 is 49.7. The van der Waals surface area contributed by atoms with Crippen LogP contribution >= 0.6 is 11.8 Å². The zero-order valence-corrected chi connectivity index (χ0v) is 25.7. The number of carbonyl (C=O) groups is 7. The zero-order chi connectivity index (χ0) is 32.6. The van der Waals surface area contributed by atoms with Gasteiger partial charge in [-0.2, -0.15) is 0 Å². The lowest BCUT2D eigenvalue weighted by atomic mass is 9.99. The molecule has 0 radical (unpaired) electrons. The highest BCUT2D eigenvalue weighted by Crippen LogP contribution is 2.41. The molecule has 17 heteroatoms. The molecule has 0 aromatic carbocycles. The van der Waals surface area contributed by atoms with Crippen molar-refractivity contribution in [1.29, 1.82) is 0 Å². The first kappa shape index (κ1) is 35.8. The molecule has 2 aliphatic heterocycles. The SMILES string of the molecule is CC(=O)OC[C@H]1O[C@@H](S[C@@H]2O[C@@H](C)[C@@H](OC(C)=O)[C@@H](OC(C)=O)[C@@H]2OC(C)=O)[C@H](OC(C)=O)[C@@H](OC(C)=O)[C@@H]1OC(C)=O. The van der Waals surface area contributed by atoms with Crippen LogP contribution in [0.5, 0.6) is 0 Å². The third-order valence-electron chi connectivity index (χ3n) is 5.85. The highest BCUT2D eigenvalue weighted by atomic mass is 32.2. The molecule has 0 amide bonds. The molecule has 0 bridgehead atoms. The number of rotatable bonds is 10. The van der Waals surface area contributed by atoms with Crippen LogP contribution in [-0.4, -0.2) is 108 Å². The van der Waals surface area contributed by atoms with Gasteiger partial charge in [-0.15, -0.1) is 0 Å². The van der Waals surface area contributed by atoms with Gasteiger partial charge in [0.15, 0.2) is 36.6 Å². The lowest BCUT2D eigenvalue weighted by Gasteiger charge is -2.47. The summed E-state index contributed by atoms with van der Waals surface area (Å²) in [7, 11) is 0. The normalized spacial score (nSPS) is 31.9. The smallest absolute Gasteiger partial charge is 0.303 e. The summed E-state index contributed by atoms with van der Waals surface area (Å²) in [6, 6.07) is 0. The van der Waals surface area contributed by atoms with Crippen molar-refractivity contribution in [3.63, 3.8) is 0 Å². The standard InChI is InChI=1S/C26H36O16S/c1-10-19(36-12(3)28)21(38-14(5)30)23(40-16(7)32)25(35-10)43-26-24(41-17(8)33)22(39-15(6)31)20(37-13(4)29)18(42-26)9-34-11(2)27/h10,18-26H,9H2,1-8H3/t10-,18+,19+,20+,21+,22-,23-,24+,25-,26-/m0/s1. The maximum atomic E-state index is 12.2.